The van der Waals surface area contributed by atoms with Crippen LogP contribution < -0.4 is 16.4 Å². The molecule has 0 aliphatic heterocycles. The third-order valence-corrected chi connectivity index (χ3v) is 3.30. The monoisotopic (exact) mass is 327 g/mol. The molecule has 0 spiro atoms. The van der Waals surface area contributed by atoms with E-state index in [-0.39, 0.29) is 48.8 Å². The van der Waals surface area contributed by atoms with Gasteiger partial charge >= 0.3 is 0 Å². The summed E-state index contributed by atoms with van der Waals surface area (Å²) >= 11 is 0. The first kappa shape index (κ1) is 20.4. The molecule has 0 saturated carbocycles. The fraction of sp³-hybridized carbons (Fsp3) is 0.500. The first-order valence-electron chi connectivity index (χ1n) is 7.07. The smallest absolute Gasteiger partial charge is 0.239 e. The lowest BCUT2D eigenvalue weighted by atomic mass is 9.81. The van der Waals surface area contributed by atoms with Crippen LogP contribution in [-0.2, 0) is 9.59 Å². The van der Waals surface area contributed by atoms with Crippen molar-refractivity contribution in [3.63, 3.8) is 0 Å². The Morgan fingerprint density at radius 3 is 2.27 bits per heavy atom. The highest BCUT2D eigenvalue weighted by Crippen LogP contribution is 2.34. The van der Waals surface area contributed by atoms with E-state index in [0.29, 0.717) is 0 Å². The molecule has 1 atom stereocenters. The van der Waals surface area contributed by atoms with Gasteiger partial charge in [0.2, 0.25) is 11.8 Å². The number of nitrogens with two attached hydrogens (primary N) is 1. The predicted octanol–water partition coefficient (Wildman–Crippen LogP) is 1.70. The fourth-order valence-corrected chi connectivity index (χ4v) is 2.13. The number of amides is 2. The normalized spacial score (nSPS) is 12.0. The molecule has 6 heteroatoms. The maximum absolute atomic E-state index is 12.0. The molecular weight excluding hydrogens is 302 g/mol. The minimum Gasteiger partial charge on any atom is -0.347 e. The van der Waals surface area contributed by atoms with E-state index in [9.17, 15) is 9.59 Å². The van der Waals surface area contributed by atoms with Crippen molar-refractivity contribution in [3.05, 3.63) is 35.4 Å². The molecule has 0 saturated heterocycles. The highest BCUT2D eigenvalue weighted by molar-refractivity contribution is 5.86. The molecule has 0 aliphatic rings. The summed E-state index contributed by atoms with van der Waals surface area (Å²) < 4.78 is 0. The standard InChI is InChI=1S/C16H25N3O2.ClH/c1-11-7-5-6-8-12(11)15(16(2,3)4)19-14(21)10-18-13(20)9-17;/h5-8,15H,9-10,17H2,1-4H3,(H,18,20)(H,19,21);1H. The van der Waals surface area contributed by atoms with Crippen LogP contribution in [-0.4, -0.2) is 24.9 Å². The van der Waals surface area contributed by atoms with Crippen LogP contribution in [0, 0.1) is 12.3 Å². The van der Waals surface area contributed by atoms with Gasteiger partial charge in [0.25, 0.3) is 0 Å². The Kier molecular flexibility index (Phi) is 8.12. The summed E-state index contributed by atoms with van der Waals surface area (Å²) in [6.07, 6.45) is 0. The summed E-state index contributed by atoms with van der Waals surface area (Å²) in [5, 5.41) is 5.48. The van der Waals surface area contributed by atoms with E-state index in [1.165, 1.54) is 0 Å². The molecule has 1 rings (SSSR count). The van der Waals surface area contributed by atoms with Crippen molar-refractivity contribution in [1.29, 1.82) is 0 Å². The van der Waals surface area contributed by atoms with Crippen LogP contribution >= 0.6 is 12.4 Å². The van der Waals surface area contributed by atoms with Crippen molar-refractivity contribution in [2.75, 3.05) is 13.1 Å². The first-order valence-corrected chi connectivity index (χ1v) is 7.07. The second-order valence-corrected chi connectivity index (χ2v) is 6.20. The summed E-state index contributed by atoms with van der Waals surface area (Å²) in [5.74, 6) is -0.562. The van der Waals surface area contributed by atoms with Gasteiger partial charge in [0, 0.05) is 0 Å². The van der Waals surface area contributed by atoms with Crippen molar-refractivity contribution in [2.45, 2.75) is 33.7 Å². The highest BCUT2D eigenvalue weighted by atomic mass is 35.5. The molecule has 5 nitrogen and oxygen atoms in total. The summed E-state index contributed by atoms with van der Waals surface area (Å²) in [6, 6.07) is 7.85. The Hall–Kier alpha value is -1.59. The summed E-state index contributed by atoms with van der Waals surface area (Å²) in [7, 11) is 0. The second-order valence-electron chi connectivity index (χ2n) is 6.20. The van der Waals surface area contributed by atoms with E-state index in [4.69, 9.17) is 5.73 Å². The van der Waals surface area contributed by atoms with E-state index < -0.39 is 0 Å². The van der Waals surface area contributed by atoms with Gasteiger partial charge in [0.05, 0.1) is 19.1 Å². The van der Waals surface area contributed by atoms with Crippen LogP contribution in [0.2, 0.25) is 0 Å². The van der Waals surface area contributed by atoms with Crippen molar-refractivity contribution in [3.8, 4) is 0 Å². The number of aryl methyl sites for hydroxylation is 1. The van der Waals surface area contributed by atoms with E-state index in [0.717, 1.165) is 11.1 Å². The van der Waals surface area contributed by atoms with Gasteiger partial charge in [-0.15, -0.1) is 12.4 Å². The number of hydrogen-bond acceptors (Lipinski definition) is 3. The number of halogens is 1. The number of nitrogens with one attached hydrogen (secondary N) is 2. The maximum atomic E-state index is 12.0. The zero-order valence-electron chi connectivity index (χ0n) is 13.6. The summed E-state index contributed by atoms with van der Waals surface area (Å²) in [4.78, 5) is 23.1. The topological polar surface area (TPSA) is 84.2 Å². The van der Waals surface area contributed by atoms with Gasteiger partial charge in [-0.25, -0.2) is 0 Å². The molecule has 1 aromatic rings. The molecular formula is C16H26ClN3O2. The molecule has 22 heavy (non-hydrogen) atoms. The van der Waals surface area contributed by atoms with Crippen LogP contribution in [0.3, 0.4) is 0 Å². The van der Waals surface area contributed by atoms with Crippen LogP contribution in [0.5, 0.6) is 0 Å². The Bertz CT molecular complexity index is 512. The van der Waals surface area contributed by atoms with Gasteiger partial charge < -0.3 is 16.4 Å². The maximum Gasteiger partial charge on any atom is 0.239 e. The molecule has 4 N–H and O–H groups in total. The third-order valence-electron chi connectivity index (χ3n) is 3.30. The van der Waals surface area contributed by atoms with E-state index >= 15 is 0 Å². The average Bonchev–Trinajstić information content (AvgIpc) is 2.42. The average molecular weight is 328 g/mol. The Morgan fingerprint density at radius 1 is 1.18 bits per heavy atom. The van der Waals surface area contributed by atoms with Gasteiger partial charge in [-0.1, -0.05) is 45.0 Å². The minimum absolute atomic E-state index is 0. The van der Waals surface area contributed by atoms with Gasteiger partial charge in [0.1, 0.15) is 0 Å². The lowest BCUT2D eigenvalue weighted by Crippen LogP contribution is -2.43. The van der Waals surface area contributed by atoms with Crippen LogP contribution in [0.15, 0.2) is 24.3 Å². The largest absolute Gasteiger partial charge is 0.347 e. The number of carbonyl (C=O) groups excluding carboxylic acids is 2. The zero-order valence-corrected chi connectivity index (χ0v) is 14.4. The van der Waals surface area contributed by atoms with Crippen LogP contribution in [0.25, 0.3) is 0 Å². The van der Waals surface area contributed by atoms with Gasteiger partial charge in [-0.05, 0) is 23.5 Å². The second kappa shape index (κ2) is 8.76. The molecule has 0 aliphatic carbocycles. The van der Waals surface area contributed by atoms with Gasteiger partial charge in [-0.2, -0.15) is 0 Å². The van der Waals surface area contributed by atoms with Crippen LogP contribution in [0.4, 0.5) is 0 Å². The van der Waals surface area contributed by atoms with E-state index in [2.05, 4.69) is 31.4 Å². The molecule has 1 aromatic carbocycles. The SMILES string of the molecule is Cc1ccccc1C(NC(=O)CNC(=O)CN)C(C)(C)C.Cl. The van der Waals surface area contributed by atoms with E-state index in [1.807, 2.05) is 31.2 Å². The van der Waals surface area contributed by atoms with Crippen LogP contribution in [0.1, 0.15) is 37.9 Å². The Morgan fingerprint density at radius 2 is 1.77 bits per heavy atom. The molecule has 2 amide bonds. The van der Waals surface area contributed by atoms with Crippen molar-refractivity contribution >= 4 is 24.2 Å². The van der Waals surface area contributed by atoms with Crippen molar-refractivity contribution in [1.82, 2.24) is 10.6 Å². The van der Waals surface area contributed by atoms with Crippen molar-refractivity contribution < 1.29 is 9.59 Å². The number of benzene rings is 1. The summed E-state index contributed by atoms with van der Waals surface area (Å²) in [5.41, 5.74) is 7.27. The zero-order chi connectivity index (χ0) is 16.0. The predicted molar refractivity (Wildman–Crippen MR) is 90.8 cm³/mol. The van der Waals surface area contributed by atoms with Gasteiger partial charge in [-0.3, -0.25) is 9.59 Å². The third kappa shape index (κ3) is 6.03. The fourth-order valence-electron chi connectivity index (χ4n) is 2.13. The lowest BCUT2D eigenvalue weighted by molar-refractivity contribution is -0.126. The highest BCUT2D eigenvalue weighted by Gasteiger charge is 2.28. The molecule has 0 bridgehead atoms. The van der Waals surface area contributed by atoms with Crippen molar-refractivity contribution in [2.24, 2.45) is 11.1 Å². The van der Waals surface area contributed by atoms with E-state index in [1.54, 1.807) is 0 Å². The lowest BCUT2D eigenvalue weighted by Gasteiger charge is -2.33. The quantitative estimate of drug-likeness (QED) is 0.769. The molecule has 0 aromatic heterocycles. The molecule has 0 fully saturated rings. The molecule has 0 radical (unpaired) electrons. The summed E-state index contributed by atoms with van der Waals surface area (Å²) in [6.45, 7) is 8.06. The first-order chi connectivity index (χ1) is 9.75. The van der Waals surface area contributed by atoms with Gasteiger partial charge in [0.15, 0.2) is 0 Å². The number of hydrogen-bond donors (Lipinski definition) is 3. The Labute approximate surface area is 138 Å². The molecule has 1 unspecified atom stereocenters. The minimum atomic E-state index is -0.339. The molecule has 0 heterocycles. The Balaban J connectivity index is 0.00000441. The number of rotatable bonds is 5. The molecule has 124 valence electrons. The number of carbonyl (C=O) groups is 2.